The van der Waals surface area contributed by atoms with Gasteiger partial charge in [-0.05, 0) is 85.4 Å². The summed E-state index contributed by atoms with van der Waals surface area (Å²) in [5.41, 5.74) is 0. The molecule has 0 aromatic rings. The predicted octanol–water partition coefficient (Wildman–Crippen LogP) is 5.88. The number of hydrogen-bond acceptors (Lipinski definition) is 1. The normalized spacial score (nSPS) is 55.2. The number of fused-ring (bicyclic) bond motifs is 5. The van der Waals surface area contributed by atoms with Gasteiger partial charge in [0.15, 0.2) is 0 Å². The van der Waals surface area contributed by atoms with Crippen molar-refractivity contribution in [2.24, 2.45) is 41.4 Å². The van der Waals surface area contributed by atoms with Gasteiger partial charge in [-0.25, -0.2) is 0 Å². The van der Waals surface area contributed by atoms with Crippen LogP contribution in [-0.4, -0.2) is 5.25 Å². The summed E-state index contributed by atoms with van der Waals surface area (Å²) in [7, 11) is 0. The summed E-state index contributed by atoms with van der Waals surface area (Å²) in [4.78, 5) is 0. The molecule has 0 amide bonds. The van der Waals surface area contributed by atoms with E-state index in [1.165, 1.54) is 19.3 Å². The largest absolute Gasteiger partial charge is 0.130 e. The lowest BCUT2D eigenvalue weighted by Crippen LogP contribution is -2.46. The zero-order valence-electron chi connectivity index (χ0n) is 13.3. The molecule has 0 aromatic heterocycles. The van der Waals surface area contributed by atoms with Gasteiger partial charge in [0.05, 0.1) is 0 Å². The fraction of sp³-hybridized carbons (Fsp3) is 0.900. The van der Waals surface area contributed by atoms with E-state index in [0.29, 0.717) is 0 Å². The van der Waals surface area contributed by atoms with E-state index >= 15 is 0 Å². The van der Waals surface area contributed by atoms with Gasteiger partial charge in [-0.3, -0.25) is 0 Å². The van der Waals surface area contributed by atoms with Crippen LogP contribution in [0.3, 0.4) is 0 Å². The maximum Gasteiger partial charge on any atom is 0.0154 e. The van der Waals surface area contributed by atoms with E-state index in [9.17, 15) is 0 Å². The minimum Gasteiger partial charge on any atom is -0.130 e. The molecule has 8 atom stereocenters. The molecular formula is C20H30S. The van der Waals surface area contributed by atoms with Crippen molar-refractivity contribution in [3.05, 3.63) is 11.5 Å². The highest BCUT2D eigenvalue weighted by Crippen LogP contribution is 2.58. The number of allylic oxidation sites excluding steroid dienone is 1. The van der Waals surface area contributed by atoms with Crippen molar-refractivity contribution in [2.45, 2.75) is 69.5 Å². The lowest BCUT2D eigenvalue weighted by atomic mass is 9.52. The monoisotopic (exact) mass is 302 g/mol. The molecule has 5 aliphatic rings. The second kappa shape index (κ2) is 5.32. The van der Waals surface area contributed by atoms with Crippen molar-refractivity contribution in [2.75, 3.05) is 0 Å². The quantitative estimate of drug-likeness (QED) is 0.538. The first-order valence-electron chi connectivity index (χ1n) is 9.70. The SMILES string of the molecule is C1=CC2CC3CCC4CC5CCCCC5CC4C3CC2S1. The van der Waals surface area contributed by atoms with Crippen LogP contribution in [-0.2, 0) is 0 Å². The van der Waals surface area contributed by atoms with Crippen molar-refractivity contribution in [3.63, 3.8) is 0 Å². The summed E-state index contributed by atoms with van der Waals surface area (Å²) in [5, 5.41) is 3.39. The second-order valence-electron chi connectivity index (χ2n) is 8.84. The Kier molecular flexibility index (Phi) is 3.43. The summed E-state index contributed by atoms with van der Waals surface area (Å²) in [6, 6.07) is 0. The van der Waals surface area contributed by atoms with Crippen LogP contribution in [0.2, 0.25) is 0 Å². The number of hydrogen-bond donors (Lipinski definition) is 0. The van der Waals surface area contributed by atoms with Crippen LogP contribution in [0.25, 0.3) is 0 Å². The molecule has 0 saturated heterocycles. The molecule has 4 saturated carbocycles. The van der Waals surface area contributed by atoms with Gasteiger partial charge in [0.1, 0.15) is 0 Å². The molecule has 5 rings (SSSR count). The predicted molar refractivity (Wildman–Crippen MR) is 91.1 cm³/mol. The fourth-order valence-corrected chi connectivity index (χ4v) is 8.30. The third-order valence-electron chi connectivity index (χ3n) is 8.05. The molecule has 0 nitrogen and oxygen atoms in total. The molecule has 0 N–H and O–H groups in total. The molecule has 21 heavy (non-hydrogen) atoms. The highest BCUT2D eigenvalue weighted by molar-refractivity contribution is 8.03. The number of thioether (sulfide) groups is 1. The topological polar surface area (TPSA) is 0 Å². The van der Waals surface area contributed by atoms with Crippen molar-refractivity contribution in [3.8, 4) is 0 Å². The molecule has 4 fully saturated rings. The van der Waals surface area contributed by atoms with E-state index in [-0.39, 0.29) is 0 Å². The zero-order valence-corrected chi connectivity index (χ0v) is 14.1. The molecule has 0 aromatic carbocycles. The molecule has 0 spiro atoms. The highest BCUT2D eigenvalue weighted by Gasteiger charge is 2.49. The van der Waals surface area contributed by atoms with Gasteiger partial charge in [-0.15, -0.1) is 11.8 Å². The van der Waals surface area contributed by atoms with Crippen LogP contribution in [0.15, 0.2) is 11.5 Å². The molecule has 1 heterocycles. The van der Waals surface area contributed by atoms with Gasteiger partial charge in [-0.1, -0.05) is 31.8 Å². The third-order valence-corrected chi connectivity index (χ3v) is 9.26. The Balaban J connectivity index is 1.36. The van der Waals surface area contributed by atoms with Gasteiger partial charge < -0.3 is 0 Å². The van der Waals surface area contributed by atoms with Crippen LogP contribution in [0.4, 0.5) is 0 Å². The van der Waals surface area contributed by atoms with E-state index < -0.39 is 0 Å². The van der Waals surface area contributed by atoms with Crippen molar-refractivity contribution in [1.82, 2.24) is 0 Å². The summed E-state index contributed by atoms with van der Waals surface area (Å²) in [5.74, 6) is 7.67. The van der Waals surface area contributed by atoms with Crippen LogP contribution in [0.1, 0.15) is 64.2 Å². The Bertz CT molecular complexity index is 428. The Labute approximate surface area is 134 Å². The average molecular weight is 303 g/mol. The summed E-state index contributed by atoms with van der Waals surface area (Å²) in [6.45, 7) is 0. The average Bonchev–Trinajstić information content (AvgIpc) is 2.98. The summed E-state index contributed by atoms with van der Waals surface area (Å²) in [6.07, 6.45) is 18.3. The molecule has 8 unspecified atom stereocenters. The van der Waals surface area contributed by atoms with E-state index in [1.54, 1.807) is 44.9 Å². The lowest BCUT2D eigenvalue weighted by Gasteiger charge is -2.54. The first-order chi connectivity index (χ1) is 10.4. The minimum atomic E-state index is 0.943. The van der Waals surface area contributed by atoms with Gasteiger partial charge in [0.25, 0.3) is 0 Å². The molecule has 1 aliphatic heterocycles. The Hall–Kier alpha value is 0.0900. The van der Waals surface area contributed by atoms with Crippen LogP contribution in [0, 0.1) is 41.4 Å². The van der Waals surface area contributed by atoms with E-state index in [4.69, 9.17) is 0 Å². The van der Waals surface area contributed by atoms with E-state index in [1.807, 2.05) is 0 Å². The maximum atomic E-state index is 2.54. The second-order valence-corrected chi connectivity index (χ2v) is 9.99. The van der Waals surface area contributed by atoms with Gasteiger partial charge >= 0.3 is 0 Å². The Morgan fingerprint density at radius 3 is 2.24 bits per heavy atom. The maximum absolute atomic E-state index is 2.54. The highest BCUT2D eigenvalue weighted by atomic mass is 32.2. The first kappa shape index (κ1) is 13.5. The van der Waals surface area contributed by atoms with Crippen molar-refractivity contribution < 1.29 is 0 Å². The van der Waals surface area contributed by atoms with Crippen LogP contribution < -0.4 is 0 Å². The van der Waals surface area contributed by atoms with Gasteiger partial charge in [-0.2, -0.15) is 0 Å². The Morgan fingerprint density at radius 1 is 0.667 bits per heavy atom. The smallest absolute Gasteiger partial charge is 0.0154 e. The molecule has 116 valence electrons. The summed E-state index contributed by atoms with van der Waals surface area (Å²) < 4.78 is 0. The van der Waals surface area contributed by atoms with Gasteiger partial charge in [0, 0.05) is 5.25 Å². The van der Waals surface area contributed by atoms with Crippen molar-refractivity contribution in [1.29, 1.82) is 0 Å². The zero-order chi connectivity index (χ0) is 13.8. The first-order valence-corrected chi connectivity index (χ1v) is 10.6. The van der Waals surface area contributed by atoms with Crippen molar-refractivity contribution >= 4 is 11.8 Å². The number of rotatable bonds is 0. The third kappa shape index (κ3) is 2.25. The van der Waals surface area contributed by atoms with Gasteiger partial charge in [0.2, 0.25) is 0 Å². The molecule has 4 aliphatic carbocycles. The standard InChI is InChI=1S/C20H30S/c1-2-4-14-11-18-15(9-13(14)3-1)5-6-16-10-17-7-8-21-20(17)12-19(16)18/h7-8,13-20H,1-6,9-12H2. The molecule has 0 bridgehead atoms. The Morgan fingerprint density at radius 2 is 1.38 bits per heavy atom. The molecule has 1 heteroatoms. The summed E-state index contributed by atoms with van der Waals surface area (Å²) >= 11 is 2.16. The molecule has 0 radical (unpaired) electrons. The van der Waals surface area contributed by atoms with Crippen LogP contribution in [0.5, 0.6) is 0 Å². The van der Waals surface area contributed by atoms with E-state index in [0.717, 1.165) is 46.7 Å². The minimum absolute atomic E-state index is 0.943. The van der Waals surface area contributed by atoms with Crippen LogP contribution >= 0.6 is 11.8 Å². The lowest BCUT2D eigenvalue weighted by molar-refractivity contribution is -0.0279. The van der Waals surface area contributed by atoms with E-state index in [2.05, 4.69) is 23.2 Å². The molecular weight excluding hydrogens is 272 g/mol. The fourth-order valence-electron chi connectivity index (χ4n) is 7.07.